The summed E-state index contributed by atoms with van der Waals surface area (Å²) in [4.78, 5) is 28.5. The summed E-state index contributed by atoms with van der Waals surface area (Å²) in [7, 11) is -4.22. The van der Waals surface area contributed by atoms with Crippen LogP contribution >= 0.6 is 11.6 Å². The third kappa shape index (κ3) is 8.71. The maximum absolute atomic E-state index is 14.0. The van der Waals surface area contributed by atoms with Crippen molar-refractivity contribution in [3.05, 3.63) is 89.4 Å². The summed E-state index contributed by atoms with van der Waals surface area (Å²) in [5.74, 6) is -0.480. The number of amides is 2. The van der Waals surface area contributed by atoms with Crippen LogP contribution in [0.15, 0.2) is 83.8 Å². The topological polar surface area (TPSA) is 96.0 Å². The van der Waals surface area contributed by atoms with Gasteiger partial charge < -0.3 is 15.0 Å². The van der Waals surface area contributed by atoms with Crippen molar-refractivity contribution in [1.29, 1.82) is 0 Å². The summed E-state index contributed by atoms with van der Waals surface area (Å²) in [6.45, 7) is 5.99. The zero-order chi connectivity index (χ0) is 29.8. The highest BCUT2D eigenvalue weighted by molar-refractivity contribution is 7.92. The molecule has 0 aromatic heterocycles. The van der Waals surface area contributed by atoms with Gasteiger partial charge in [-0.25, -0.2) is 8.42 Å². The quantitative estimate of drug-likeness (QED) is 0.239. The maximum atomic E-state index is 14.0. The maximum Gasteiger partial charge on any atom is 0.264 e. The Balaban J connectivity index is 2.00. The molecule has 0 heterocycles. The fourth-order valence-electron chi connectivity index (χ4n) is 4.29. The molecule has 41 heavy (non-hydrogen) atoms. The number of unbranched alkanes of at least 4 members (excludes halogenated alkanes) is 1. The third-order valence-corrected chi connectivity index (χ3v) is 8.62. The smallest absolute Gasteiger partial charge is 0.264 e. The van der Waals surface area contributed by atoms with Gasteiger partial charge >= 0.3 is 0 Å². The first-order valence-corrected chi connectivity index (χ1v) is 15.6. The molecule has 0 aliphatic heterocycles. The molecule has 10 heteroatoms. The molecule has 0 saturated carbocycles. The molecular formula is C31H38ClN3O5S. The molecular weight excluding hydrogens is 562 g/mol. The molecule has 2 amide bonds. The van der Waals surface area contributed by atoms with Gasteiger partial charge in [0.05, 0.1) is 17.2 Å². The molecule has 0 bridgehead atoms. The number of hydrogen-bond acceptors (Lipinski definition) is 5. The minimum Gasteiger partial charge on any atom is -0.492 e. The van der Waals surface area contributed by atoms with Crippen molar-refractivity contribution in [2.45, 2.75) is 51.0 Å². The lowest BCUT2D eigenvalue weighted by molar-refractivity contribution is -0.138. The molecule has 1 unspecified atom stereocenters. The van der Waals surface area contributed by atoms with E-state index in [0.717, 1.165) is 22.7 Å². The SMILES string of the molecule is CCCCNC(=O)C(C)N(CCc1ccccc1)C(=O)CN(c1ccccc1OCC)S(=O)(=O)c1ccc(Cl)cc1. The number of carbonyl (C=O) groups excluding carboxylic acids is 2. The second kappa shape index (κ2) is 15.4. The summed E-state index contributed by atoms with van der Waals surface area (Å²) in [5.41, 5.74) is 1.22. The molecule has 0 radical (unpaired) electrons. The van der Waals surface area contributed by atoms with Crippen molar-refractivity contribution in [1.82, 2.24) is 10.2 Å². The van der Waals surface area contributed by atoms with Crippen LogP contribution in [0.2, 0.25) is 5.02 Å². The largest absolute Gasteiger partial charge is 0.492 e. The number of halogens is 1. The number of benzene rings is 3. The molecule has 1 N–H and O–H groups in total. The van der Waals surface area contributed by atoms with Crippen LogP contribution in [0.5, 0.6) is 5.75 Å². The molecule has 1 atom stereocenters. The first-order valence-electron chi connectivity index (χ1n) is 13.8. The minimum absolute atomic E-state index is 0.0257. The highest BCUT2D eigenvalue weighted by Crippen LogP contribution is 2.33. The van der Waals surface area contributed by atoms with Gasteiger partial charge in [0.15, 0.2) is 0 Å². The molecule has 0 aliphatic carbocycles. The highest BCUT2D eigenvalue weighted by atomic mass is 35.5. The number of sulfonamides is 1. The van der Waals surface area contributed by atoms with Gasteiger partial charge in [-0.2, -0.15) is 0 Å². The van der Waals surface area contributed by atoms with Gasteiger partial charge in [-0.1, -0.05) is 67.4 Å². The minimum atomic E-state index is -4.22. The van der Waals surface area contributed by atoms with E-state index in [1.807, 2.05) is 37.3 Å². The summed E-state index contributed by atoms with van der Waals surface area (Å²) in [5, 5.41) is 3.28. The molecule has 3 rings (SSSR count). The average Bonchev–Trinajstić information content (AvgIpc) is 2.97. The van der Waals surface area contributed by atoms with Crippen molar-refractivity contribution >= 4 is 39.1 Å². The van der Waals surface area contributed by atoms with Gasteiger partial charge in [-0.05, 0) is 68.7 Å². The summed E-state index contributed by atoms with van der Waals surface area (Å²) in [6, 6.07) is 21.2. The van der Waals surface area contributed by atoms with Crippen LogP contribution in [0.25, 0.3) is 0 Å². The second-order valence-electron chi connectivity index (χ2n) is 9.51. The molecule has 3 aromatic carbocycles. The Kier molecular flexibility index (Phi) is 12.0. The predicted molar refractivity (Wildman–Crippen MR) is 163 cm³/mol. The van der Waals surface area contributed by atoms with Crippen LogP contribution in [-0.4, -0.2) is 57.4 Å². The van der Waals surface area contributed by atoms with Gasteiger partial charge in [0.1, 0.15) is 18.3 Å². The van der Waals surface area contributed by atoms with Gasteiger partial charge in [0.25, 0.3) is 10.0 Å². The Morgan fingerprint density at radius 3 is 2.27 bits per heavy atom. The molecule has 220 valence electrons. The summed E-state index contributed by atoms with van der Waals surface area (Å²) >= 11 is 6.02. The Morgan fingerprint density at radius 2 is 1.61 bits per heavy atom. The van der Waals surface area contributed by atoms with Crippen molar-refractivity contribution < 1.29 is 22.7 Å². The van der Waals surface area contributed by atoms with Gasteiger partial charge in [-0.15, -0.1) is 0 Å². The van der Waals surface area contributed by atoms with E-state index in [1.165, 1.54) is 29.2 Å². The molecule has 0 fully saturated rings. The number of ether oxygens (including phenoxy) is 1. The van der Waals surface area contributed by atoms with Crippen LogP contribution < -0.4 is 14.4 Å². The highest BCUT2D eigenvalue weighted by Gasteiger charge is 2.33. The zero-order valence-electron chi connectivity index (χ0n) is 23.8. The summed E-state index contributed by atoms with van der Waals surface area (Å²) < 4.78 is 34.8. The Bertz CT molecular complexity index is 1380. The first kappa shape index (κ1) is 32.0. The van der Waals surface area contributed by atoms with Crippen molar-refractivity contribution in [3.8, 4) is 5.75 Å². The first-order chi connectivity index (χ1) is 19.7. The lowest BCUT2D eigenvalue weighted by atomic mass is 10.1. The predicted octanol–water partition coefficient (Wildman–Crippen LogP) is 5.31. The molecule has 0 aliphatic rings. The number of anilines is 1. The van der Waals surface area contributed by atoms with E-state index < -0.39 is 28.5 Å². The Hall–Kier alpha value is -3.56. The number of para-hydroxylation sites is 2. The molecule has 0 spiro atoms. The lowest BCUT2D eigenvalue weighted by Gasteiger charge is -2.32. The third-order valence-electron chi connectivity index (χ3n) is 6.60. The Morgan fingerprint density at radius 1 is 0.951 bits per heavy atom. The Labute approximate surface area is 248 Å². The monoisotopic (exact) mass is 599 g/mol. The van der Waals surface area contributed by atoms with E-state index in [2.05, 4.69) is 5.32 Å². The van der Waals surface area contributed by atoms with Crippen LogP contribution in [0.1, 0.15) is 39.2 Å². The van der Waals surface area contributed by atoms with Crippen molar-refractivity contribution in [3.63, 3.8) is 0 Å². The summed E-state index contributed by atoms with van der Waals surface area (Å²) in [6.07, 6.45) is 2.23. The van der Waals surface area contributed by atoms with E-state index in [-0.39, 0.29) is 23.0 Å². The van der Waals surface area contributed by atoms with Crippen LogP contribution in [0.3, 0.4) is 0 Å². The molecule has 8 nitrogen and oxygen atoms in total. The van der Waals surface area contributed by atoms with E-state index in [0.29, 0.717) is 30.3 Å². The fraction of sp³-hybridized carbons (Fsp3) is 0.355. The van der Waals surface area contributed by atoms with E-state index in [4.69, 9.17) is 16.3 Å². The number of nitrogens with one attached hydrogen (secondary N) is 1. The van der Waals surface area contributed by atoms with Crippen LogP contribution in [0, 0.1) is 0 Å². The lowest BCUT2D eigenvalue weighted by Crippen LogP contribution is -2.52. The van der Waals surface area contributed by atoms with Crippen LogP contribution in [-0.2, 0) is 26.0 Å². The molecule has 0 saturated heterocycles. The standard InChI is InChI=1S/C31H38ClN3O5S/c1-4-6-21-33-31(37)24(3)34(22-20-25-12-8-7-9-13-25)30(36)23-35(28-14-10-11-15-29(28)40-5-2)41(38,39)27-18-16-26(32)17-19-27/h7-19,24H,4-6,20-23H2,1-3H3,(H,33,37). The fourth-order valence-corrected chi connectivity index (χ4v) is 5.84. The van der Waals surface area contributed by atoms with Crippen LogP contribution in [0.4, 0.5) is 5.69 Å². The number of hydrogen-bond donors (Lipinski definition) is 1. The average molecular weight is 600 g/mol. The second-order valence-corrected chi connectivity index (χ2v) is 11.8. The van der Waals surface area contributed by atoms with E-state index in [9.17, 15) is 18.0 Å². The number of nitrogens with zero attached hydrogens (tertiary/aromatic N) is 2. The zero-order valence-corrected chi connectivity index (χ0v) is 25.3. The number of rotatable bonds is 15. The van der Waals surface area contributed by atoms with Crippen molar-refractivity contribution in [2.24, 2.45) is 0 Å². The normalized spacial score (nSPS) is 11.9. The number of carbonyl (C=O) groups is 2. The molecule has 3 aromatic rings. The van der Waals surface area contributed by atoms with Gasteiger partial charge in [0.2, 0.25) is 11.8 Å². The van der Waals surface area contributed by atoms with E-state index >= 15 is 0 Å². The van der Waals surface area contributed by atoms with E-state index in [1.54, 1.807) is 38.1 Å². The van der Waals surface area contributed by atoms with Gasteiger partial charge in [-0.3, -0.25) is 13.9 Å². The van der Waals surface area contributed by atoms with Gasteiger partial charge in [0, 0.05) is 18.1 Å². The van der Waals surface area contributed by atoms with Crippen molar-refractivity contribution in [2.75, 3.05) is 30.5 Å².